The Morgan fingerprint density at radius 3 is 2.71 bits per heavy atom. The fraction of sp³-hybridized carbons (Fsp3) is 0.300. The number of hydrogen-bond donors (Lipinski definition) is 3. The summed E-state index contributed by atoms with van der Waals surface area (Å²) in [7, 11) is 0. The van der Waals surface area contributed by atoms with Gasteiger partial charge in [-0.1, -0.05) is 19.1 Å². The number of rotatable bonds is 4. The second kappa shape index (κ2) is 4.50. The fourth-order valence-electron chi connectivity index (χ4n) is 0.973. The molecule has 0 aliphatic heterocycles. The highest BCUT2D eigenvalue weighted by atomic mass is 16.4. The molecule has 1 atom stereocenters. The van der Waals surface area contributed by atoms with Crippen molar-refractivity contribution in [3.8, 4) is 5.75 Å². The highest BCUT2D eigenvalue weighted by Gasteiger charge is 2.10. The maximum Gasteiger partial charge on any atom is 0.308 e. The molecule has 1 aromatic rings. The molecule has 0 bridgehead atoms. The third-order valence-corrected chi connectivity index (χ3v) is 1.92. The summed E-state index contributed by atoms with van der Waals surface area (Å²) in [6.45, 7) is 1.90. The van der Waals surface area contributed by atoms with E-state index < -0.39 is 11.9 Å². The number of hydrogen-bond acceptors (Lipinski definition) is 3. The predicted octanol–water partition coefficient (Wildman–Crippen LogP) is 1.52. The summed E-state index contributed by atoms with van der Waals surface area (Å²) < 4.78 is 0. The molecule has 0 saturated heterocycles. The number of nitrogens with one attached hydrogen (secondary N) is 1. The van der Waals surface area contributed by atoms with Crippen molar-refractivity contribution in [2.24, 2.45) is 5.92 Å². The summed E-state index contributed by atoms with van der Waals surface area (Å²) in [5.41, 5.74) is 0.556. The van der Waals surface area contributed by atoms with Gasteiger partial charge in [0.25, 0.3) is 0 Å². The Kier molecular flexibility index (Phi) is 3.34. The molecule has 0 heterocycles. The number of phenols is 1. The number of benzene rings is 1. The van der Waals surface area contributed by atoms with E-state index in [0.717, 1.165) is 0 Å². The molecular weight excluding hydrogens is 182 g/mol. The second-order valence-corrected chi connectivity index (χ2v) is 3.14. The maximum absolute atomic E-state index is 10.5. The third kappa shape index (κ3) is 2.65. The normalized spacial score (nSPS) is 12.1. The molecule has 0 fully saturated rings. The molecule has 0 aromatic heterocycles. The fourth-order valence-corrected chi connectivity index (χ4v) is 0.973. The van der Waals surface area contributed by atoms with Crippen molar-refractivity contribution in [1.82, 2.24) is 0 Å². The first kappa shape index (κ1) is 10.4. The van der Waals surface area contributed by atoms with Crippen molar-refractivity contribution in [2.45, 2.75) is 6.92 Å². The zero-order valence-electron chi connectivity index (χ0n) is 7.90. The quantitative estimate of drug-likeness (QED) is 0.637. The van der Waals surface area contributed by atoms with Crippen LogP contribution in [0.1, 0.15) is 6.92 Å². The summed E-state index contributed by atoms with van der Waals surface area (Å²) in [5.74, 6) is -1.20. The van der Waals surface area contributed by atoms with E-state index in [9.17, 15) is 9.90 Å². The van der Waals surface area contributed by atoms with Gasteiger partial charge in [0.2, 0.25) is 0 Å². The molecular formula is C10H13NO3. The third-order valence-electron chi connectivity index (χ3n) is 1.92. The number of anilines is 1. The first-order valence-corrected chi connectivity index (χ1v) is 4.36. The van der Waals surface area contributed by atoms with Gasteiger partial charge in [-0.05, 0) is 12.1 Å². The van der Waals surface area contributed by atoms with E-state index in [1.807, 2.05) is 0 Å². The minimum absolute atomic E-state index is 0.130. The average molecular weight is 195 g/mol. The van der Waals surface area contributed by atoms with E-state index in [1.165, 1.54) is 0 Å². The largest absolute Gasteiger partial charge is 0.506 e. The number of carboxylic acids is 1. The molecule has 76 valence electrons. The Balaban J connectivity index is 2.54. The lowest BCUT2D eigenvalue weighted by Gasteiger charge is -2.10. The number of para-hydroxylation sites is 2. The molecule has 0 aliphatic carbocycles. The van der Waals surface area contributed by atoms with Crippen LogP contribution in [0, 0.1) is 5.92 Å². The van der Waals surface area contributed by atoms with Gasteiger partial charge < -0.3 is 15.5 Å². The summed E-state index contributed by atoms with van der Waals surface area (Å²) in [6, 6.07) is 6.73. The Morgan fingerprint density at radius 2 is 2.14 bits per heavy atom. The first-order chi connectivity index (χ1) is 6.61. The zero-order valence-corrected chi connectivity index (χ0v) is 7.90. The van der Waals surface area contributed by atoms with Gasteiger partial charge >= 0.3 is 5.97 Å². The Bertz CT molecular complexity index is 325. The van der Waals surface area contributed by atoms with Crippen molar-refractivity contribution in [3.63, 3.8) is 0 Å². The van der Waals surface area contributed by atoms with Gasteiger partial charge in [0.1, 0.15) is 5.75 Å². The van der Waals surface area contributed by atoms with Gasteiger partial charge in [0.05, 0.1) is 11.6 Å². The van der Waals surface area contributed by atoms with Crippen LogP contribution in [0.4, 0.5) is 5.69 Å². The summed E-state index contributed by atoms with van der Waals surface area (Å²) >= 11 is 0. The second-order valence-electron chi connectivity index (χ2n) is 3.14. The van der Waals surface area contributed by atoms with Crippen LogP contribution in [0.15, 0.2) is 24.3 Å². The minimum Gasteiger partial charge on any atom is -0.506 e. The van der Waals surface area contributed by atoms with Crippen LogP contribution in [0.2, 0.25) is 0 Å². The summed E-state index contributed by atoms with van der Waals surface area (Å²) in [4.78, 5) is 10.5. The molecule has 0 radical (unpaired) electrons. The number of carboxylic acid groups (broad SMARTS) is 1. The number of phenolic OH excluding ortho intramolecular Hbond substituents is 1. The van der Waals surface area contributed by atoms with E-state index >= 15 is 0 Å². The summed E-state index contributed by atoms with van der Waals surface area (Å²) in [6.07, 6.45) is 0. The molecule has 1 aromatic carbocycles. The molecule has 1 rings (SSSR count). The lowest BCUT2D eigenvalue weighted by atomic mass is 10.2. The minimum atomic E-state index is -0.854. The van der Waals surface area contributed by atoms with Crippen LogP contribution in [0.3, 0.4) is 0 Å². The Labute approximate surface area is 82.2 Å². The molecule has 0 aliphatic rings. The summed E-state index contributed by atoms with van der Waals surface area (Å²) in [5, 5.41) is 20.8. The Morgan fingerprint density at radius 1 is 1.50 bits per heavy atom. The van der Waals surface area contributed by atoms with Gasteiger partial charge in [0, 0.05) is 6.54 Å². The topological polar surface area (TPSA) is 69.6 Å². The van der Waals surface area contributed by atoms with E-state index in [1.54, 1.807) is 31.2 Å². The van der Waals surface area contributed by atoms with Crippen LogP contribution >= 0.6 is 0 Å². The number of aliphatic carboxylic acids is 1. The van der Waals surface area contributed by atoms with Crippen LogP contribution in [0.25, 0.3) is 0 Å². The van der Waals surface area contributed by atoms with Crippen LogP contribution < -0.4 is 5.32 Å². The lowest BCUT2D eigenvalue weighted by Crippen LogP contribution is -2.19. The van der Waals surface area contributed by atoms with Gasteiger partial charge in [0.15, 0.2) is 0 Å². The lowest BCUT2D eigenvalue weighted by molar-refractivity contribution is -0.140. The SMILES string of the molecule is C[C@@H](CNc1ccccc1O)C(=O)O. The molecule has 14 heavy (non-hydrogen) atoms. The van der Waals surface area contributed by atoms with Gasteiger partial charge in [-0.25, -0.2) is 0 Å². The smallest absolute Gasteiger partial charge is 0.308 e. The molecule has 4 nitrogen and oxygen atoms in total. The highest BCUT2D eigenvalue weighted by Crippen LogP contribution is 2.21. The first-order valence-electron chi connectivity index (χ1n) is 4.36. The van der Waals surface area contributed by atoms with E-state index in [-0.39, 0.29) is 5.75 Å². The van der Waals surface area contributed by atoms with Crippen LogP contribution in [0.5, 0.6) is 5.75 Å². The van der Waals surface area contributed by atoms with Crippen molar-refractivity contribution in [1.29, 1.82) is 0 Å². The standard InChI is InChI=1S/C10H13NO3/c1-7(10(13)14)6-11-8-4-2-3-5-9(8)12/h2-5,7,11-12H,6H2,1H3,(H,13,14)/t7-/m0/s1. The van der Waals surface area contributed by atoms with E-state index in [2.05, 4.69) is 5.32 Å². The maximum atomic E-state index is 10.5. The predicted molar refractivity (Wildman–Crippen MR) is 53.4 cm³/mol. The van der Waals surface area contributed by atoms with Crippen LogP contribution in [-0.2, 0) is 4.79 Å². The van der Waals surface area contributed by atoms with E-state index in [0.29, 0.717) is 12.2 Å². The molecule has 3 N–H and O–H groups in total. The van der Waals surface area contributed by atoms with Gasteiger partial charge in [-0.3, -0.25) is 4.79 Å². The van der Waals surface area contributed by atoms with Crippen molar-refractivity contribution < 1.29 is 15.0 Å². The van der Waals surface area contributed by atoms with Crippen molar-refractivity contribution in [2.75, 3.05) is 11.9 Å². The van der Waals surface area contributed by atoms with Gasteiger partial charge in [-0.15, -0.1) is 0 Å². The monoisotopic (exact) mass is 195 g/mol. The van der Waals surface area contributed by atoms with Crippen molar-refractivity contribution in [3.05, 3.63) is 24.3 Å². The Hall–Kier alpha value is -1.71. The van der Waals surface area contributed by atoms with E-state index in [4.69, 9.17) is 5.11 Å². The molecule has 0 unspecified atom stereocenters. The van der Waals surface area contributed by atoms with Crippen molar-refractivity contribution >= 4 is 11.7 Å². The highest BCUT2D eigenvalue weighted by molar-refractivity contribution is 5.70. The number of carbonyl (C=O) groups is 1. The zero-order chi connectivity index (χ0) is 10.6. The number of aromatic hydroxyl groups is 1. The average Bonchev–Trinajstić information content (AvgIpc) is 2.16. The van der Waals surface area contributed by atoms with Gasteiger partial charge in [-0.2, -0.15) is 0 Å². The molecule has 0 saturated carbocycles. The molecule has 0 amide bonds. The molecule has 4 heteroatoms. The van der Waals surface area contributed by atoms with Crippen LogP contribution in [-0.4, -0.2) is 22.7 Å². The molecule has 0 spiro atoms.